The van der Waals surface area contributed by atoms with Crippen LogP contribution >= 0.6 is 0 Å². The number of nitrogens with zero attached hydrogens (tertiary/aromatic N) is 3. The van der Waals surface area contributed by atoms with Gasteiger partial charge in [0.2, 0.25) is 5.91 Å². The number of carbonyl (C=O) groups excluding carboxylic acids is 1. The van der Waals surface area contributed by atoms with Gasteiger partial charge >= 0.3 is 0 Å². The number of anilines is 1. The molecule has 1 saturated heterocycles. The smallest absolute Gasteiger partial charge is 0.228 e. The monoisotopic (exact) mass is 378 g/mol. The number of aryl methyl sites for hydroxylation is 1. The molecule has 0 saturated carbocycles. The summed E-state index contributed by atoms with van der Waals surface area (Å²) in [6, 6.07) is 15.6. The minimum atomic E-state index is -0.00876. The van der Waals surface area contributed by atoms with Gasteiger partial charge in [-0.25, -0.2) is 4.98 Å². The molecule has 28 heavy (non-hydrogen) atoms. The summed E-state index contributed by atoms with van der Waals surface area (Å²) in [5, 5.41) is 3.04. The van der Waals surface area contributed by atoms with E-state index >= 15 is 0 Å². The first-order valence-corrected chi connectivity index (χ1v) is 9.71. The first-order chi connectivity index (χ1) is 13.6. The van der Waals surface area contributed by atoms with Crippen LogP contribution in [-0.2, 0) is 18.4 Å². The van der Waals surface area contributed by atoms with Gasteiger partial charge in [0, 0.05) is 19.3 Å². The van der Waals surface area contributed by atoms with E-state index in [1.165, 1.54) is 0 Å². The zero-order chi connectivity index (χ0) is 19.5. The highest BCUT2D eigenvalue weighted by atomic mass is 16.5. The lowest BCUT2D eigenvalue weighted by Crippen LogP contribution is -2.40. The van der Waals surface area contributed by atoms with Crippen molar-refractivity contribution in [3.63, 3.8) is 0 Å². The number of fused-ring (bicyclic) bond motifs is 1. The van der Waals surface area contributed by atoms with Crippen LogP contribution in [0.2, 0.25) is 0 Å². The minimum Gasteiger partial charge on any atom is -0.497 e. The van der Waals surface area contributed by atoms with Crippen LogP contribution in [0.25, 0.3) is 11.0 Å². The molecule has 1 atom stereocenters. The molecular formula is C22H26N4O2. The van der Waals surface area contributed by atoms with Gasteiger partial charge in [0.15, 0.2) is 0 Å². The predicted molar refractivity (Wildman–Crippen MR) is 110 cm³/mol. The molecule has 1 aromatic heterocycles. The Morgan fingerprint density at radius 1 is 1.21 bits per heavy atom. The number of imidazole rings is 1. The molecule has 3 aromatic rings. The average Bonchev–Trinajstić information content (AvgIpc) is 3.04. The second-order valence-corrected chi connectivity index (χ2v) is 7.37. The number of piperidine rings is 1. The summed E-state index contributed by atoms with van der Waals surface area (Å²) < 4.78 is 7.31. The van der Waals surface area contributed by atoms with Crippen LogP contribution in [-0.4, -0.2) is 40.6 Å². The van der Waals surface area contributed by atoms with Gasteiger partial charge < -0.3 is 14.6 Å². The second kappa shape index (κ2) is 8.02. The van der Waals surface area contributed by atoms with Gasteiger partial charge in [0.25, 0.3) is 0 Å². The lowest BCUT2D eigenvalue weighted by Gasteiger charge is -2.31. The standard InChI is InChI=1S/C22H26N4O2/c1-25-20-8-4-3-7-19(20)24-21(25)15-26-13-5-6-16(14-26)22(27)23-17-9-11-18(28-2)12-10-17/h3-4,7-12,16H,5-6,13-15H2,1-2H3,(H,23,27)/t16-/m0/s1. The summed E-state index contributed by atoms with van der Waals surface area (Å²) in [4.78, 5) is 19.8. The summed E-state index contributed by atoms with van der Waals surface area (Å²) in [6.45, 7) is 2.51. The maximum Gasteiger partial charge on any atom is 0.228 e. The van der Waals surface area contributed by atoms with Crippen LogP contribution in [0.3, 0.4) is 0 Å². The molecule has 6 heteroatoms. The molecule has 1 aliphatic heterocycles. The molecule has 0 radical (unpaired) electrons. The number of rotatable bonds is 5. The molecule has 146 valence electrons. The van der Waals surface area contributed by atoms with Crippen molar-refractivity contribution in [3.05, 3.63) is 54.4 Å². The molecule has 1 fully saturated rings. The number of carbonyl (C=O) groups is 1. The van der Waals surface area contributed by atoms with Crippen molar-refractivity contribution in [1.29, 1.82) is 0 Å². The molecule has 1 aliphatic rings. The quantitative estimate of drug-likeness (QED) is 0.739. The number of ether oxygens (including phenoxy) is 1. The van der Waals surface area contributed by atoms with E-state index in [1.807, 2.05) is 42.5 Å². The number of amides is 1. The van der Waals surface area contributed by atoms with Crippen molar-refractivity contribution >= 4 is 22.6 Å². The van der Waals surface area contributed by atoms with Crippen LogP contribution < -0.4 is 10.1 Å². The Kier molecular flexibility index (Phi) is 5.30. The van der Waals surface area contributed by atoms with Crippen molar-refractivity contribution in [2.24, 2.45) is 13.0 Å². The molecular weight excluding hydrogens is 352 g/mol. The molecule has 4 rings (SSSR count). The number of nitrogens with one attached hydrogen (secondary N) is 1. The molecule has 0 aliphatic carbocycles. The zero-order valence-electron chi connectivity index (χ0n) is 16.4. The van der Waals surface area contributed by atoms with Gasteiger partial charge in [0.1, 0.15) is 11.6 Å². The van der Waals surface area contributed by atoms with E-state index in [0.29, 0.717) is 0 Å². The Bertz CT molecular complexity index is 964. The van der Waals surface area contributed by atoms with Gasteiger partial charge in [-0.2, -0.15) is 0 Å². The van der Waals surface area contributed by atoms with E-state index in [0.717, 1.165) is 60.8 Å². The number of benzene rings is 2. The van der Waals surface area contributed by atoms with Crippen LogP contribution in [0.1, 0.15) is 18.7 Å². The number of likely N-dealkylation sites (tertiary alicyclic amines) is 1. The Balaban J connectivity index is 1.40. The van der Waals surface area contributed by atoms with E-state index in [4.69, 9.17) is 9.72 Å². The lowest BCUT2D eigenvalue weighted by atomic mass is 9.97. The van der Waals surface area contributed by atoms with Crippen molar-refractivity contribution in [2.75, 3.05) is 25.5 Å². The zero-order valence-corrected chi connectivity index (χ0v) is 16.4. The normalized spacial score (nSPS) is 17.6. The number of para-hydroxylation sites is 2. The first-order valence-electron chi connectivity index (χ1n) is 9.71. The lowest BCUT2D eigenvalue weighted by molar-refractivity contribution is -0.121. The Morgan fingerprint density at radius 2 is 2.00 bits per heavy atom. The Labute approximate surface area is 165 Å². The maximum atomic E-state index is 12.7. The summed E-state index contributed by atoms with van der Waals surface area (Å²) in [5.41, 5.74) is 2.97. The van der Waals surface area contributed by atoms with Crippen molar-refractivity contribution in [2.45, 2.75) is 19.4 Å². The highest BCUT2D eigenvalue weighted by molar-refractivity contribution is 5.92. The van der Waals surface area contributed by atoms with Gasteiger partial charge in [-0.1, -0.05) is 12.1 Å². The Morgan fingerprint density at radius 3 is 2.75 bits per heavy atom. The predicted octanol–water partition coefficient (Wildman–Crippen LogP) is 3.43. The van der Waals surface area contributed by atoms with Crippen molar-refractivity contribution < 1.29 is 9.53 Å². The largest absolute Gasteiger partial charge is 0.497 e. The summed E-state index contributed by atoms with van der Waals surface area (Å²) in [7, 11) is 3.69. The third-order valence-electron chi connectivity index (χ3n) is 5.48. The fourth-order valence-electron chi connectivity index (χ4n) is 3.87. The van der Waals surface area contributed by atoms with Crippen molar-refractivity contribution in [3.8, 4) is 5.75 Å². The highest BCUT2D eigenvalue weighted by Crippen LogP contribution is 2.22. The molecule has 1 N–H and O–H groups in total. The summed E-state index contributed by atoms with van der Waals surface area (Å²) >= 11 is 0. The number of methoxy groups -OCH3 is 1. The second-order valence-electron chi connectivity index (χ2n) is 7.37. The van der Waals surface area contributed by atoms with Gasteiger partial charge in [-0.15, -0.1) is 0 Å². The Hall–Kier alpha value is -2.86. The molecule has 2 heterocycles. The topological polar surface area (TPSA) is 59.4 Å². The van der Waals surface area contributed by atoms with Crippen LogP contribution in [0.5, 0.6) is 5.75 Å². The van der Waals surface area contributed by atoms with E-state index in [2.05, 4.69) is 27.9 Å². The van der Waals surface area contributed by atoms with Crippen LogP contribution in [0.15, 0.2) is 48.5 Å². The highest BCUT2D eigenvalue weighted by Gasteiger charge is 2.26. The third-order valence-corrected chi connectivity index (χ3v) is 5.48. The number of hydrogen-bond donors (Lipinski definition) is 1. The molecule has 0 unspecified atom stereocenters. The van der Waals surface area contributed by atoms with E-state index in [1.54, 1.807) is 7.11 Å². The SMILES string of the molecule is COc1ccc(NC(=O)[C@H]2CCCN(Cc3nc4ccccc4n3C)C2)cc1. The van der Waals surface area contributed by atoms with Crippen LogP contribution in [0, 0.1) is 5.92 Å². The van der Waals surface area contributed by atoms with Gasteiger partial charge in [-0.3, -0.25) is 9.69 Å². The van der Waals surface area contributed by atoms with E-state index < -0.39 is 0 Å². The number of aromatic nitrogens is 2. The van der Waals surface area contributed by atoms with E-state index in [-0.39, 0.29) is 11.8 Å². The molecule has 2 aromatic carbocycles. The molecule has 1 amide bonds. The van der Waals surface area contributed by atoms with Gasteiger partial charge in [0.05, 0.1) is 30.6 Å². The molecule has 0 bridgehead atoms. The number of hydrogen-bond acceptors (Lipinski definition) is 4. The molecule has 0 spiro atoms. The third kappa shape index (κ3) is 3.87. The fraction of sp³-hybridized carbons (Fsp3) is 0.364. The van der Waals surface area contributed by atoms with Gasteiger partial charge in [-0.05, 0) is 55.8 Å². The fourth-order valence-corrected chi connectivity index (χ4v) is 3.87. The van der Waals surface area contributed by atoms with Crippen LogP contribution in [0.4, 0.5) is 5.69 Å². The average molecular weight is 378 g/mol. The summed E-state index contributed by atoms with van der Waals surface area (Å²) in [6.07, 6.45) is 1.94. The summed E-state index contributed by atoms with van der Waals surface area (Å²) in [5.74, 6) is 1.90. The molecule has 6 nitrogen and oxygen atoms in total. The minimum absolute atomic E-state index is 0.00876. The maximum absolute atomic E-state index is 12.7. The first kappa shape index (κ1) is 18.5. The van der Waals surface area contributed by atoms with Crippen molar-refractivity contribution in [1.82, 2.24) is 14.5 Å². The van der Waals surface area contributed by atoms with E-state index in [9.17, 15) is 4.79 Å².